The van der Waals surface area contributed by atoms with Crippen molar-refractivity contribution >= 4 is 5.91 Å². The normalized spacial score (nSPS) is 25.5. The largest absolute Gasteiger partial charge is 0.331 e. The lowest BCUT2D eigenvalue weighted by molar-refractivity contribution is -0.119. The molecule has 1 aliphatic heterocycles. The number of nitrogens with one attached hydrogen (secondary N) is 1. The highest BCUT2D eigenvalue weighted by Crippen LogP contribution is 1.97. The minimum atomic E-state index is -0.796. The minimum absolute atomic E-state index is 0.347. The van der Waals surface area contributed by atoms with E-state index in [1.807, 2.05) is 0 Å². The minimum Gasteiger partial charge on any atom is -0.331 e. The Morgan fingerprint density at radius 2 is 2.50 bits per heavy atom. The second-order valence-electron chi connectivity index (χ2n) is 1.42. The van der Waals surface area contributed by atoms with Crippen LogP contribution in [0.1, 0.15) is 0 Å². The number of carbonyl (C=O) groups is 1. The average molecular weight is 112 g/mol. The highest BCUT2D eigenvalue weighted by molar-refractivity contribution is 5.87. The molecule has 0 spiro atoms. The fourth-order valence-corrected chi connectivity index (χ4v) is 0.477. The second kappa shape index (κ2) is 1.73. The molecule has 4 nitrogen and oxygen atoms in total. The highest BCUT2D eigenvalue weighted by atomic mass is 16.3. The number of rotatable bonds is 1. The molecule has 1 heterocycles. The maximum Gasteiger partial charge on any atom is 0.256 e. The number of hydrogen-bond donors (Lipinski definition) is 1. The van der Waals surface area contributed by atoms with Gasteiger partial charge in [0.15, 0.2) is 6.04 Å². The van der Waals surface area contributed by atoms with E-state index < -0.39 is 6.04 Å². The third kappa shape index (κ3) is 0.598. The van der Waals surface area contributed by atoms with E-state index in [4.69, 9.17) is 0 Å². The Balaban J connectivity index is 2.66. The van der Waals surface area contributed by atoms with Crippen LogP contribution in [0.15, 0.2) is 17.5 Å². The zero-order valence-electron chi connectivity index (χ0n) is 4.00. The summed E-state index contributed by atoms with van der Waals surface area (Å²) in [4.78, 5) is 20.0. The van der Waals surface area contributed by atoms with Crippen molar-refractivity contribution in [3.63, 3.8) is 0 Å². The topological polar surface area (TPSA) is 58.5 Å². The van der Waals surface area contributed by atoms with Gasteiger partial charge in [-0.25, -0.2) is 0 Å². The van der Waals surface area contributed by atoms with Gasteiger partial charge in [0.2, 0.25) is 0 Å². The van der Waals surface area contributed by atoms with Crippen LogP contribution in [0.5, 0.6) is 0 Å². The Bertz CT molecular complexity index is 152. The first-order chi connectivity index (χ1) is 3.84. The highest BCUT2D eigenvalue weighted by Gasteiger charge is 2.18. The Kier molecular flexibility index (Phi) is 1.07. The number of nitrogens with zero attached hydrogens (tertiary/aromatic N) is 1. The summed E-state index contributed by atoms with van der Waals surface area (Å²) in [5.74, 6) is -0.347. The number of carbonyl (C=O) groups excluding carboxylic acids is 1. The summed E-state index contributed by atoms with van der Waals surface area (Å²) >= 11 is 0. The summed E-state index contributed by atoms with van der Waals surface area (Å²) in [6, 6.07) is -0.796. The Morgan fingerprint density at radius 1 is 1.75 bits per heavy atom. The lowest BCUT2D eigenvalue weighted by Crippen LogP contribution is -2.20. The van der Waals surface area contributed by atoms with Gasteiger partial charge in [0.25, 0.3) is 5.91 Å². The third-order valence-electron chi connectivity index (χ3n) is 0.886. The molecule has 0 bridgehead atoms. The van der Waals surface area contributed by atoms with E-state index in [-0.39, 0.29) is 5.91 Å². The van der Waals surface area contributed by atoms with E-state index >= 15 is 0 Å². The molecule has 1 aliphatic rings. The molecule has 0 saturated carbocycles. The fraction of sp³-hybridized carbons (Fsp3) is 0.250. The molecule has 8 heavy (non-hydrogen) atoms. The Labute approximate surface area is 45.5 Å². The first-order valence-electron chi connectivity index (χ1n) is 2.14. The van der Waals surface area contributed by atoms with Crippen LogP contribution in [0.2, 0.25) is 0 Å². The van der Waals surface area contributed by atoms with Gasteiger partial charge in [-0.15, -0.1) is 4.91 Å². The SMILES string of the molecule is O=NC1C=CNC1=O. The Morgan fingerprint density at radius 3 is 2.75 bits per heavy atom. The summed E-state index contributed by atoms with van der Waals surface area (Å²) in [6.07, 6.45) is 2.82. The van der Waals surface area contributed by atoms with Crippen LogP contribution in [0.4, 0.5) is 0 Å². The van der Waals surface area contributed by atoms with Crippen molar-refractivity contribution in [1.29, 1.82) is 0 Å². The lowest BCUT2D eigenvalue weighted by Gasteiger charge is -1.88. The molecule has 1 atom stereocenters. The zero-order valence-corrected chi connectivity index (χ0v) is 4.00. The van der Waals surface area contributed by atoms with Crippen molar-refractivity contribution in [2.75, 3.05) is 0 Å². The maximum absolute atomic E-state index is 10.3. The third-order valence-corrected chi connectivity index (χ3v) is 0.886. The molecule has 0 aliphatic carbocycles. The molecule has 0 aromatic rings. The first-order valence-corrected chi connectivity index (χ1v) is 2.14. The second-order valence-corrected chi connectivity index (χ2v) is 1.42. The summed E-state index contributed by atoms with van der Waals surface area (Å²) in [6.45, 7) is 0. The van der Waals surface area contributed by atoms with E-state index in [1.54, 1.807) is 0 Å². The van der Waals surface area contributed by atoms with Crippen LogP contribution in [0.25, 0.3) is 0 Å². The number of nitroso groups, excluding NO2 is 1. The van der Waals surface area contributed by atoms with Crippen molar-refractivity contribution in [3.05, 3.63) is 17.2 Å². The van der Waals surface area contributed by atoms with Crippen LogP contribution in [-0.4, -0.2) is 11.9 Å². The molecule has 1 N–H and O–H groups in total. The predicted octanol–water partition coefficient (Wildman–Crippen LogP) is -0.235. The molecular weight excluding hydrogens is 108 g/mol. The van der Waals surface area contributed by atoms with Crippen LogP contribution < -0.4 is 5.32 Å². The van der Waals surface area contributed by atoms with Gasteiger partial charge in [0.1, 0.15) is 0 Å². The van der Waals surface area contributed by atoms with Crippen LogP contribution in [0, 0.1) is 4.91 Å². The number of hydrogen-bond acceptors (Lipinski definition) is 3. The summed E-state index contributed by atoms with van der Waals surface area (Å²) in [7, 11) is 0. The molecule has 4 heteroatoms. The number of amides is 1. The molecule has 1 unspecified atom stereocenters. The van der Waals surface area contributed by atoms with Gasteiger partial charge in [0.05, 0.1) is 0 Å². The quantitative estimate of drug-likeness (QED) is 0.476. The molecule has 0 radical (unpaired) electrons. The first kappa shape index (κ1) is 4.96. The van der Waals surface area contributed by atoms with Gasteiger partial charge < -0.3 is 5.32 Å². The summed E-state index contributed by atoms with van der Waals surface area (Å²) in [5, 5.41) is 4.83. The van der Waals surface area contributed by atoms with Gasteiger partial charge in [-0.05, 0) is 6.08 Å². The van der Waals surface area contributed by atoms with Crippen LogP contribution in [0.3, 0.4) is 0 Å². The van der Waals surface area contributed by atoms with Crippen molar-refractivity contribution in [1.82, 2.24) is 5.32 Å². The van der Waals surface area contributed by atoms with E-state index in [0.29, 0.717) is 0 Å². The summed E-state index contributed by atoms with van der Waals surface area (Å²) in [5.41, 5.74) is 0. The molecule has 42 valence electrons. The lowest BCUT2D eigenvalue weighted by atomic mass is 10.3. The van der Waals surface area contributed by atoms with Crippen LogP contribution in [-0.2, 0) is 4.79 Å². The standard InChI is InChI=1S/C4H4N2O2/c7-4-3(6-8)1-2-5-4/h1-3H,(H,5,7). The smallest absolute Gasteiger partial charge is 0.256 e. The monoisotopic (exact) mass is 112 g/mol. The molecule has 0 aromatic carbocycles. The molecule has 1 amide bonds. The van der Waals surface area contributed by atoms with Crippen molar-refractivity contribution in [3.8, 4) is 0 Å². The fourth-order valence-electron chi connectivity index (χ4n) is 0.477. The molecule has 0 aromatic heterocycles. The average Bonchev–Trinajstić information content (AvgIpc) is 2.14. The van der Waals surface area contributed by atoms with Gasteiger partial charge >= 0.3 is 0 Å². The zero-order chi connectivity index (χ0) is 5.98. The van der Waals surface area contributed by atoms with Gasteiger partial charge in [-0.2, -0.15) is 0 Å². The molecule has 0 saturated heterocycles. The Hall–Kier alpha value is -1.19. The van der Waals surface area contributed by atoms with E-state index in [2.05, 4.69) is 10.5 Å². The van der Waals surface area contributed by atoms with E-state index in [0.717, 1.165) is 0 Å². The predicted molar refractivity (Wildman–Crippen MR) is 26.9 cm³/mol. The van der Waals surface area contributed by atoms with Gasteiger partial charge in [-0.1, -0.05) is 5.18 Å². The maximum atomic E-state index is 10.3. The van der Waals surface area contributed by atoms with Crippen LogP contribution >= 0.6 is 0 Å². The van der Waals surface area contributed by atoms with Crippen molar-refractivity contribution < 1.29 is 4.79 Å². The van der Waals surface area contributed by atoms with Gasteiger partial charge in [-0.3, -0.25) is 4.79 Å². The van der Waals surface area contributed by atoms with E-state index in [1.165, 1.54) is 12.3 Å². The molecule has 0 fully saturated rings. The summed E-state index contributed by atoms with van der Waals surface area (Å²) < 4.78 is 0. The van der Waals surface area contributed by atoms with Gasteiger partial charge in [0, 0.05) is 6.20 Å². The molecule has 1 rings (SSSR count). The van der Waals surface area contributed by atoms with E-state index in [9.17, 15) is 9.70 Å². The van der Waals surface area contributed by atoms with Crippen molar-refractivity contribution in [2.24, 2.45) is 5.18 Å². The van der Waals surface area contributed by atoms with Crippen molar-refractivity contribution in [2.45, 2.75) is 6.04 Å². The molecular formula is C4H4N2O2.